The second-order valence-electron chi connectivity index (χ2n) is 5.73. The minimum absolute atomic E-state index is 0.377. The zero-order chi connectivity index (χ0) is 17.4. The van der Waals surface area contributed by atoms with Gasteiger partial charge in [-0.2, -0.15) is 10.1 Å². The molecule has 0 aliphatic carbocycles. The number of hydrogen-bond donors (Lipinski definition) is 0. The largest absolute Gasteiger partial charge is 0.334 e. The Hall–Kier alpha value is -3.09. The number of fused-ring (bicyclic) bond motifs is 1. The molecule has 0 amide bonds. The zero-order valence-electron chi connectivity index (χ0n) is 13.4. The second kappa shape index (κ2) is 6.08. The summed E-state index contributed by atoms with van der Waals surface area (Å²) in [5.74, 6) is 0.892. The topological polar surface area (TPSA) is 56.7 Å². The fraction of sp³-hybridized carbons (Fsp3) is 0.167. The molecule has 0 radical (unpaired) electrons. The van der Waals surface area contributed by atoms with Gasteiger partial charge in [0.2, 0.25) is 5.82 Å². The first kappa shape index (κ1) is 15.4. The minimum atomic E-state index is -2.45. The molecule has 0 aliphatic heterocycles. The number of rotatable bonds is 4. The Morgan fingerprint density at radius 1 is 1.16 bits per heavy atom. The highest BCUT2D eigenvalue weighted by atomic mass is 19.3. The van der Waals surface area contributed by atoms with Gasteiger partial charge in [0.15, 0.2) is 0 Å². The normalized spacial score (nSPS) is 11.5. The predicted molar refractivity (Wildman–Crippen MR) is 89.2 cm³/mol. The van der Waals surface area contributed by atoms with Gasteiger partial charge in [-0.15, -0.1) is 0 Å². The van der Waals surface area contributed by atoms with E-state index in [9.17, 15) is 8.78 Å². The maximum absolute atomic E-state index is 12.6. The molecule has 0 aliphatic rings. The highest BCUT2D eigenvalue weighted by Gasteiger charge is 2.14. The fourth-order valence-electron chi connectivity index (χ4n) is 2.77. The molecule has 2 aromatic carbocycles. The third-order valence-corrected chi connectivity index (χ3v) is 4.01. The number of aryl methyl sites for hydroxylation is 1. The van der Waals surface area contributed by atoms with Gasteiger partial charge in [-0.3, -0.25) is 4.68 Å². The minimum Gasteiger partial charge on any atom is -0.334 e. The standard InChI is InChI=1S/C18H14F2N4O/c1-11-4-2-3-5-14(11)17-22-18(25-23-17)12-6-7-15-13(8-12)9-21-24(15)10-16(19)20/h2-9,16H,10H2,1H3. The lowest BCUT2D eigenvalue weighted by Gasteiger charge is -2.02. The van der Waals surface area contributed by atoms with E-state index in [1.165, 1.54) is 4.68 Å². The fourth-order valence-corrected chi connectivity index (χ4v) is 2.77. The van der Waals surface area contributed by atoms with Crippen LogP contribution in [0.15, 0.2) is 53.2 Å². The van der Waals surface area contributed by atoms with Crippen molar-refractivity contribution in [1.82, 2.24) is 19.9 Å². The van der Waals surface area contributed by atoms with Gasteiger partial charge in [0, 0.05) is 16.5 Å². The van der Waals surface area contributed by atoms with Crippen LogP contribution in [0.2, 0.25) is 0 Å². The summed E-state index contributed by atoms with van der Waals surface area (Å²) in [6.07, 6.45) is -0.893. The molecule has 0 saturated carbocycles. The van der Waals surface area contributed by atoms with Gasteiger partial charge in [-0.05, 0) is 30.7 Å². The molecule has 2 heterocycles. The number of alkyl halides is 2. The monoisotopic (exact) mass is 340 g/mol. The molecule has 2 aromatic heterocycles. The molecule has 7 heteroatoms. The molecule has 0 unspecified atom stereocenters. The molecule has 126 valence electrons. The molecule has 5 nitrogen and oxygen atoms in total. The summed E-state index contributed by atoms with van der Waals surface area (Å²) in [6, 6.07) is 13.1. The van der Waals surface area contributed by atoms with E-state index >= 15 is 0 Å². The number of benzene rings is 2. The maximum atomic E-state index is 12.6. The third-order valence-electron chi connectivity index (χ3n) is 4.01. The molecule has 0 N–H and O–H groups in total. The van der Waals surface area contributed by atoms with Crippen molar-refractivity contribution in [2.45, 2.75) is 19.9 Å². The average molecular weight is 340 g/mol. The second-order valence-corrected chi connectivity index (χ2v) is 5.73. The lowest BCUT2D eigenvalue weighted by molar-refractivity contribution is 0.123. The van der Waals surface area contributed by atoms with Crippen molar-refractivity contribution >= 4 is 10.9 Å². The van der Waals surface area contributed by atoms with Gasteiger partial charge in [0.25, 0.3) is 12.3 Å². The molecule has 0 bridgehead atoms. The number of aromatic nitrogens is 4. The zero-order valence-corrected chi connectivity index (χ0v) is 13.4. The van der Waals surface area contributed by atoms with Gasteiger partial charge < -0.3 is 4.52 Å². The quantitative estimate of drug-likeness (QED) is 0.555. The van der Waals surface area contributed by atoms with E-state index in [1.54, 1.807) is 24.4 Å². The Morgan fingerprint density at radius 3 is 2.80 bits per heavy atom. The first-order valence-corrected chi connectivity index (χ1v) is 7.75. The lowest BCUT2D eigenvalue weighted by atomic mass is 10.1. The van der Waals surface area contributed by atoms with E-state index < -0.39 is 13.0 Å². The maximum Gasteiger partial charge on any atom is 0.258 e. The van der Waals surface area contributed by atoms with Crippen molar-refractivity contribution in [3.8, 4) is 22.8 Å². The molecule has 0 spiro atoms. The summed E-state index contributed by atoms with van der Waals surface area (Å²) in [5.41, 5.74) is 3.32. The van der Waals surface area contributed by atoms with E-state index in [1.807, 2.05) is 31.2 Å². The van der Waals surface area contributed by atoms with Crippen LogP contribution in [0.3, 0.4) is 0 Å². The molecule has 0 fully saturated rings. The molecule has 4 aromatic rings. The van der Waals surface area contributed by atoms with E-state index in [0.717, 1.165) is 22.1 Å². The van der Waals surface area contributed by atoms with Gasteiger partial charge in [-0.25, -0.2) is 8.78 Å². The highest BCUT2D eigenvalue weighted by molar-refractivity contribution is 5.83. The Bertz CT molecular complexity index is 1040. The Labute approximate surface area is 141 Å². The van der Waals surface area contributed by atoms with Crippen LogP contribution in [0.25, 0.3) is 33.7 Å². The van der Waals surface area contributed by atoms with E-state index in [4.69, 9.17) is 4.52 Å². The van der Waals surface area contributed by atoms with E-state index in [0.29, 0.717) is 17.2 Å². The van der Waals surface area contributed by atoms with Gasteiger partial charge in [0.05, 0.1) is 11.7 Å². The SMILES string of the molecule is Cc1ccccc1-c1noc(-c2ccc3c(cnn3CC(F)F)c2)n1. The molecular formula is C18H14F2N4O. The van der Waals surface area contributed by atoms with Gasteiger partial charge in [0.1, 0.15) is 6.54 Å². The first-order valence-electron chi connectivity index (χ1n) is 7.75. The van der Waals surface area contributed by atoms with Crippen LogP contribution in [-0.4, -0.2) is 26.3 Å². The summed E-state index contributed by atoms with van der Waals surface area (Å²) in [6.45, 7) is 1.55. The van der Waals surface area contributed by atoms with Crippen LogP contribution < -0.4 is 0 Å². The summed E-state index contributed by atoms with van der Waals surface area (Å²) in [7, 11) is 0. The summed E-state index contributed by atoms with van der Waals surface area (Å²) in [5, 5.41) is 8.79. The van der Waals surface area contributed by atoms with Crippen LogP contribution in [-0.2, 0) is 6.54 Å². The molecule has 4 rings (SSSR count). The molecule has 0 saturated heterocycles. The van der Waals surface area contributed by atoms with Crippen molar-refractivity contribution in [3.05, 3.63) is 54.2 Å². The van der Waals surface area contributed by atoms with Gasteiger partial charge >= 0.3 is 0 Å². The Morgan fingerprint density at radius 2 is 2.00 bits per heavy atom. The average Bonchev–Trinajstić information content (AvgIpc) is 3.22. The van der Waals surface area contributed by atoms with Crippen molar-refractivity contribution < 1.29 is 13.3 Å². The first-order chi connectivity index (χ1) is 12.1. The van der Waals surface area contributed by atoms with Crippen molar-refractivity contribution in [2.24, 2.45) is 0 Å². The Kier molecular flexibility index (Phi) is 3.76. The summed E-state index contributed by atoms with van der Waals surface area (Å²) >= 11 is 0. The van der Waals surface area contributed by atoms with Crippen LogP contribution in [0.1, 0.15) is 5.56 Å². The van der Waals surface area contributed by atoms with Crippen molar-refractivity contribution in [3.63, 3.8) is 0 Å². The smallest absolute Gasteiger partial charge is 0.258 e. The van der Waals surface area contributed by atoms with E-state index in [-0.39, 0.29) is 0 Å². The molecule has 0 atom stereocenters. The third kappa shape index (κ3) is 2.88. The summed E-state index contributed by atoms with van der Waals surface area (Å²) in [4.78, 5) is 4.45. The van der Waals surface area contributed by atoms with Crippen LogP contribution >= 0.6 is 0 Å². The predicted octanol–water partition coefficient (Wildman–Crippen LogP) is 4.33. The van der Waals surface area contributed by atoms with Gasteiger partial charge in [-0.1, -0.05) is 29.4 Å². The van der Waals surface area contributed by atoms with Crippen LogP contribution in [0.4, 0.5) is 8.78 Å². The van der Waals surface area contributed by atoms with E-state index in [2.05, 4.69) is 15.2 Å². The van der Waals surface area contributed by atoms with Crippen molar-refractivity contribution in [1.29, 1.82) is 0 Å². The summed E-state index contributed by atoms with van der Waals surface area (Å²) < 4.78 is 31.8. The van der Waals surface area contributed by atoms with Crippen LogP contribution in [0.5, 0.6) is 0 Å². The highest BCUT2D eigenvalue weighted by Crippen LogP contribution is 2.27. The number of halogens is 2. The number of hydrogen-bond acceptors (Lipinski definition) is 4. The molecular weight excluding hydrogens is 326 g/mol. The lowest BCUT2D eigenvalue weighted by Crippen LogP contribution is -2.07. The van der Waals surface area contributed by atoms with Crippen LogP contribution in [0, 0.1) is 6.92 Å². The number of nitrogens with zero attached hydrogens (tertiary/aromatic N) is 4. The Balaban J connectivity index is 1.70. The molecule has 25 heavy (non-hydrogen) atoms. The van der Waals surface area contributed by atoms with Crippen molar-refractivity contribution in [2.75, 3.05) is 0 Å².